The monoisotopic (exact) mass is 293 g/mol. The molecule has 4 heteroatoms. The molecule has 0 saturated carbocycles. The molecule has 0 radical (unpaired) electrons. The average Bonchev–Trinajstić information content (AvgIpc) is 2.44. The number of nitrogens with one attached hydrogen (secondary N) is 1. The third-order valence-corrected chi connectivity index (χ3v) is 3.84. The van der Waals surface area contributed by atoms with Crippen LogP contribution >= 0.6 is 0 Å². The van der Waals surface area contributed by atoms with Gasteiger partial charge in [-0.1, -0.05) is 38.0 Å². The highest BCUT2D eigenvalue weighted by molar-refractivity contribution is 5.67. The van der Waals surface area contributed by atoms with Gasteiger partial charge >= 0.3 is 5.97 Å². The molecule has 0 amide bonds. The molecule has 0 aliphatic carbocycles. The van der Waals surface area contributed by atoms with Crippen molar-refractivity contribution in [1.29, 1.82) is 0 Å². The number of carboxylic acid groups (broad SMARTS) is 1. The number of carboxylic acids is 1. The number of unbranched alkanes of at least 4 members (excludes halogenated alkanes) is 2. The summed E-state index contributed by atoms with van der Waals surface area (Å²) in [6.45, 7) is 6.86. The lowest BCUT2D eigenvalue weighted by atomic mass is 9.96. The Labute approximate surface area is 127 Å². The molecule has 0 aliphatic rings. The smallest absolute Gasteiger partial charge is 0.305 e. The SMILES string of the molecule is CCCCCNC(CC(=O)O)C(O)c1ccc(C)c(C)c1. The van der Waals surface area contributed by atoms with E-state index >= 15 is 0 Å². The van der Waals surface area contributed by atoms with Crippen LogP contribution in [0.15, 0.2) is 18.2 Å². The van der Waals surface area contributed by atoms with Gasteiger partial charge in [0.15, 0.2) is 0 Å². The van der Waals surface area contributed by atoms with Crippen LogP contribution < -0.4 is 5.32 Å². The Bertz CT molecular complexity index is 459. The molecule has 0 fully saturated rings. The second-order valence-corrected chi connectivity index (χ2v) is 5.65. The van der Waals surface area contributed by atoms with Crippen molar-refractivity contribution in [3.8, 4) is 0 Å². The van der Waals surface area contributed by atoms with E-state index in [9.17, 15) is 9.90 Å². The first kappa shape index (κ1) is 17.7. The fraction of sp³-hybridized carbons (Fsp3) is 0.588. The lowest BCUT2D eigenvalue weighted by molar-refractivity contribution is -0.138. The normalized spacial score (nSPS) is 13.9. The summed E-state index contributed by atoms with van der Waals surface area (Å²) >= 11 is 0. The zero-order valence-corrected chi connectivity index (χ0v) is 13.2. The maximum Gasteiger partial charge on any atom is 0.305 e. The zero-order chi connectivity index (χ0) is 15.8. The van der Waals surface area contributed by atoms with Gasteiger partial charge in [-0.25, -0.2) is 0 Å². The molecule has 2 unspecified atom stereocenters. The van der Waals surface area contributed by atoms with Crippen molar-refractivity contribution in [3.05, 3.63) is 34.9 Å². The molecule has 0 saturated heterocycles. The Morgan fingerprint density at radius 1 is 1.24 bits per heavy atom. The summed E-state index contributed by atoms with van der Waals surface area (Å²) in [4.78, 5) is 11.0. The van der Waals surface area contributed by atoms with Crippen molar-refractivity contribution < 1.29 is 15.0 Å². The first-order chi connectivity index (χ1) is 9.95. The molecule has 0 heterocycles. The number of benzene rings is 1. The molecule has 21 heavy (non-hydrogen) atoms. The van der Waals surface area contributed by atoms with Crippen LogP contribution in [0, 0.1) is 13.8 Å². The molecule has 4 nitrogen and oxygen atoms in total. The van der Waals surface area contributed by atoms with Crippen molar-refractivity contribution >= 4 is 5.97 Å². The lowest BCUT2D eigenvalue weighted by Gasteiger charge is -2.24. The Morgan fingerprint density at radius 2 is 1.95 bits per heavy atom. The molecule has 0 spiro atoms. The molecule has 0 aromatic heterocycles. The largest absolute Gasteiger partial charge is 0.481 e. The Balaban J connectivity index is 2.75. The number of aryl methyl sites for hydroxylation is 2. The number of hydrogen-bond acceptors (Lipinski definition) is 3. The van der Waals surface area contributed by atoms with E-state index in [2.05, 4.69) is 12.2 Å². The molecular weight excluding hydrogens is 266 g/mol. The quantitative estimate of drug-likeness (QED) is 0.612. The number of rotatable bonds is 9. The summed E-state index contributed by atoms with van der Waals surface area (Å²) in [6, 6.07) is 5.31. The third-order valence-electron chi connectivity index (χ3n) is 3.84. The van der Waals surface area contributed by atoms with Crippen LogP contribution in [-0.2, 0) is 4.79 Å². The zero-order valence-electron chi connectivity index (χ0n) is 13.2. The summed E-state index contributed by atoms with van der Waals surface area (Å²) in [6.07, 6.45) is 2.33. The summed E-state index contributed by atoms with van der Waals surface area (Å²) in [7, 11) is 0. The molecule has 0 aliphatic heterocycles. The van der Waals surface area contributed by atoms with Gasteiger partial charge in [-0.3, -0.25) is 4.79 Å². The highest BCUT2D eigenvalue weighted by atomic mass is 16.4. The number of aliphatic hydroxyl groups excluding tert-OH is 1. The second kappa shape index (κ2) is 8.80. The summed E-state index contributed by atoms with van der Waals surface area (Å²) < 4.78 is 0. The highest BCUT2D eigenvalue weighted by Gasteiger charge is 2.23. The van der Waals surface area contributed by atoms with Gasteiger partial charge in [-0.05, 0) is 43.5 Å². The van der Waals surface area contributed by atoms with Crippen LogP contribution in [0.2, 0.25) is 0 Å². The van der Waals surface area contributed by atoms with Crippen molar-refractivity contribution in [2.45, 2.75) is 58.6 Å². The summed E-state index contributed by atoms with van der Waals surface area (Å²) in [5.41, 5.74) is 3.04. The van der Waals surface area contributed by atoms with Gasteiger partial charge in [0, 0.05) is 6.04 Å². The minimum Gasteiger partial charge on any atom is -0.481 e. The Hall–Kier alpha value is -1.39. The van der Waals surface area contributed by atoms with Gasteiger partial charge in [0.2, 0.25) is 0 Å². The highest BCUT2D eigenvalue weighted by Crippen LogP contribution is 2.22. The van der Waals surface area contributed by atoms with Crippen LogP contribution in [0.1, 0.15) is 55.4 Å². The number of aliphatic carboxylic acids is 1. The van der Waals surface area contributed by atoms with Crippen molar-refractivity contribution in [2.24, 2.45) is 0 Å². The van der Waals surface area contributed by atoms with Crippen molar-refractivity contribution in [2.75, 3.05) is 6.54 Å². The maximum atomic E-state index is 11.0. The van der Waals surface area contributed by atoms with E-state index in [1.807, 2.05) is 32.0 Å². The first-order valence-corrected chi connectivity index (χ1v) is 7.66. The van der Waals surface area contributed by atoms with E-state index in [1.165, 1.54) is 0 Å². The summed E-state index contributed by atoms with van der Waals surface area (Å²) in [5, 5.41) is 22.7. The van der Waals surface area contributed by atoms with E-state index < -0.39 is 18.1 Å². The maximum absolute atomic E-state index is 11.0. The third kappa shape index (κ3) is 5.86. The van der Waals surface area contributed by atoms with Crippen LogP contribution in [0.4, 0.5) is 0 Å². The van der Waals surface area contributed by atoms with Gasteiger partial charge < -0.3 is 15.5 Å². The fourth-order valence-corrected chi connectivity index (χ4v) is 2.33. The number of hydrogen-bond donors (Lipinski definition) is 3. The van der Waals surface area contributed by atoms with Crippen LogP contribution in [0.5, 0.6) is 0 Å². The van der Waals surface area contributed by atoms with Gasteiger partial charge in [0.05, 0.1) is 12.5 Å². The van der Waals surface area contributed by atoms with Gasteiger partial charge in [0.1, 0.15) is 0 Å². The number of aliphatic hydroxyl groups is 1. The first-order valence-electron chi connectivity index (χ1n) is 7.66. The molecule has 1 rings (SSSR count). The van der Waals surface area contributed by atoms with E-state index in [0.29, 0.717) is 0 Å². The van der Waals surface area contributed by atoms with Crippen molar-refractivity contribution in [1.82, 2.24) is 5.32 Å². The topological polar surface area (TPSA) is 69.6 Å². The minimum atomic E-state index is -0.897. The van der Waals surface area contributed by atoms with Crippen molar-refractivity contribution in [3.63, 3.8) is 0 Å². The number of carbonyl (C=O) groups is 1. The van der Waals surface area contributed by atoms with Crippen LogP contribution in [0.3, 0.4) is 0 Å². The molecule has 2 atom stereocenters. The molecule has 1 aromatic rings. The van der Waals surface area contributed by atoms with Crippen LogP contribution in [-0.4, -0.2) is 28.8 Å². The van der Waals surface area contributed by atoms with E-state index in [-0.39, 0.29) is 6.42 Å². The molecule has 1 aromatic carbocycles. The van der Waals surface area contributed by atoms with E-state index in [1.54, 1.807) is 0 Å². The average molecular weight is 293 g/mol. The van der Waals surface area contributed by atoms with Gasteiger partial charge in [-0.2, -0.15) is 0 Å². The molecule has 3 N–H and O–H groups in total. The molecule has 0 bridgehead atoms. The molecule has 118 valence electrons. The predicted octanol–water partition coefficient (Wildman–Crippen LogP) is 2.96. The van der Waals surface area contributed by atoms with Crippen LogP contribution in [0.25, 0.3) is 0 Å². The van der Waals surface area contributed by atoms with Gasteiger partial charge in [-0.15, -0.1) is 0 Å². The lowest BCUT2D eigenvalue weighted by Crippen LogP contribution is -2.37. The Morgan fingerprint density at radius 3 is 2.52 bits per heavy atom. The van der Waals surface area contributed by atoms with E-state index in [4.69, 9.17) is 5.11 Å². The predicted molar refractivity (Wildman–Crippen MR) is 84.4 cm³/mol. The molecular formula is C17H27NO3. The van der Waals surface area contributed by atoms with Gasteiger partial charge in [0.25, 0.3) is 0 Å². The minimum absolute atomic E-state index is 0.0831. The Kier molecular flexibility index (Phi) is 7.40. The van der Waals surface area contributed by atoms with E-state index in [0.717, 1.165) is 42.5 Å². The second-order valence-electron chi connectivity index (χ2n) is 5.65. The summed E-state index contributed by atoms with van der Waals surface area (Å²) in [5.74, 6) is -0.897. The standard InChI is InChI=1S/C17H27NO3/c1-4-5-6-9-18-15(11-16(19)20)17(21)14-8-7-12(2)13(3)10-14/h7-8,10,15,17-18,21H,4-6,9,11H2,1-3H3,(H,19,20). The fourth-order valence-electron chi connectivity index (χ4n) is 2.33.